The average molecular weight is 269 g/mol. The lowest BCUT2D eigenvalue weighted by molar-refractivity contribution is -0.112. The largest absolute Gasteiger partial charge is 0.370 e. The van der Waals surface area contributed by atoms with Crippen LogP contribution < -0.4 is 0 Å². The lowest BCUT2D eigenvalue weighted by Crippen LogP contribution is -2.48. The highest BCUT2D eigenvalue weighted by Crippen LogP contribution is 2.24. The summed E-state index contributed by atoms with van der Waals surface area (Å²) in [6, 6.07) is 0. The molecule has 1 saturated heterocycles. The maximum Gasteiger partial charge on any atom is 0.0765 e. The van der Waals surface area contributed by atoms with E-state index in [0.717, 1.165) is 19.5 Å². The number of hydrogen-bond acceptors (Lipinski definition) is 2. The third kappa shape index (κ3) is 2.87. The predicted molar refractivity (Wildman–Crippen MR) is 54.8 cm³/mol. The first-order chi connectivity index (χ1) is 5.03. The number of morpholine rings is 1. The molecule has 1 heterocycles. The monoisotopic (exact) mass is 269 g/mol. The zero-order valence-electron chi connectivity index (χ0n) is 7.43. The van der Waals surface area contributed by atoms with Gasteiger partial charge >= 0.3 is 0 Å². The number of nitrogens with zero attached hydrogens (tertiary/aromatic N) is 1. The molecule has 1 aliphatic rings. The predicted octanol–water partition coefficient (Wildman–Crippen LogP) is 2.23. The molecule has 0 bridgehead atoms. The van der Waals surface area contributed by atoms with Crippen molar-refractivity contribution in [2.45, 2.75) is 38.9 Å². The van der Waals surface area contributed by atoms with Gasteiger partial charge < -0.3 is 4.74 Å². The van der Waals surface area contributed by atoms with Crippen molar-refractivity contribution in [1.82, 2.24) is 3.11 Å². The summed E-state index contributed by atoms with van der Waals surface area (Å²) < 4.78 is 8.16. The van der Waals surface area contributed by atoms with Gasteiger partial charge in [0.15, 0.2) is 0 Å². The van der Waals surface area contributed by atoms with Crippen LogP contribution in [0.3, 0.4) is 0 Å². The summed E-state index contributed by atoms with van der Waals surface area (Å²) in [7, 11) is 0. The van der Waals surface area contributed by atoms with E-state index in [9.17, 15) is 0 Å². The number of rotatable bonds is 1. The molecule has 0 N–H and O–H groups in total. The van der Waals surface area contributed by atoms with Gasteiger partial charge in [-0.1, -0.05) is 6.92 Å². The van der Waals surface area contributed by atoms with Crippen molar-refractivity contribution in [1.29, 1.82) is 0 Å². The van der Waals surface area contributed by atoms with Crippen LogP contribution in [0.2, 0.25) is 0 Å². The second-order valence-corrected chi connectivity index (χ2v) is 5.08. The topological polar surface area (TPSA) is 12.5 Å². The van der Waals surface area contributed by atoms with E-state index in [0.29, 0.717) is 6.10 Å². The van der Waals surface area contributed by atoms with Crippen molar-refractivity contribution in [3.05, 3.63) is 0 Å². The molecule has 1 fully saturated rings. The average Bonchev–Trinajstić information content (AvgIpc) is 1.83. The maximum atomic E-state index is 5.85. The van der Waals surface area contributed by atoms with Gasteiger partial charge in [0.05, 0.1) is 11.7 Å². The van der Waals surface area contributed by atoms with E-state index >= 15 is 0 Å². The fourth-order valence-corrected chi connectivity index (χ4v) is 2.70. The number of ether oxygens (including phenoxy) is 1. The molecule has 1 atom stereocenters. The van der Waals surface area contributed by atoms with Gasteiger partial charge in [-0.15, -0.1) is 0 Å². The first-order valence-corrected chi connectivity index (χ1v) is 5.08. The normalized spacial score (nSPS) is 32.2. The second kappa shape index (κ2) is 3.58. The molecule has 3 heteroatoms. The van der Waals surface area contributed by atoms with Gasteiger partial charge in [0, 0.05) is 36.0 Å². The van der Waals surface area contributed by atoms with Crippen molar-refractivity contribution >= 4 is 22.9 Å². The molecule has 1 rings (SSSR count). The first-order valence-electron chi connectivity index (χ1n) is 4.12. The molecule has 0 unspecified atom stereocenters. The van der Waals surface area contributed by atoms with Crippen LogP contribution in [0.25, 0.3) is 0 Å². The lowest BCUT2D eigenvalue weighted by atomic mass is 10.1. The summed E-state index contributed by atoms with van der Waals surface area (Å²) in [5, 5.41) is 0. The summed E-state index contributed by atoms with van der Waals surface area (Å²) in [4.78, 5) is 0. The number of hydrogen-bond donors (Lipinski definition) is 0. The molecule has 66 valence electrons. The molecule has 1 aliphatic heterocycles. The molecule has 0 aliphatic carbocycles. The first kappa shape index (κ1) is 9.74. The highest BCUT2D eigenvalue weighted by atomic mass is 127. The Morgan fingerprint density at radius 3 is 2.73 bits per heavy atom. The van der Waals surface area contributed by atoms with Crippen LogP contribution >= 0.6 is 22.9 Å². The fraction of sp³-hybridized carbons (Fsp3) is 1.00. The summed E-state index contributed by atoms with van der Waals surface area (Å²) in [6.45, 7) is 8.59. The smallest absolute Gasteiger partial charge is 0.0765 e. The molecule has 0 spiro atoms. The Hall–Kier alpha value is 0.650. The third-order valence-corrected chi connectivity index (χ3v) is 2.63. The Morgan fingerprint density at radius 1 is 1.64 bits per heavy atom. The molecule has 11 heavy (non-hydrogen) atoms. The molecule has 0 saturated carbocycles. The van der Waals surface area contributed by atoms with Gasteiger partial charge in [0.1, 0.15) is 0 Å². The van der Waals surface area contributed by atoms with Gasteiger partial charge in [0.25, 0.3) is 0 Å². The highest BCUT2D eigenvalue weighted by Gasteiger charge is 2.31. The highest BCUT2D eigenvalue weighted by molar-refractivity contribution is 14.1. The van der Waals surface area contributed by atoms with E-state index in [-0.39, 0.29) is 5.60 Å². The van der Waals surface area contributed by atoms with E-state index in [1.54, 1.807) is 0 Å². The van der Waals surface area contributed by atoms with Crippen LogP contribution in [-0.4, -0.2) is 27.9 Å². The second-order valence-electron chi connectivity index (χ2n) is 3.71. The van der Waals surface area contributed by atoms with E-state index < -0.39 is 0 Å². The van der Waals surface area contributed by atoms with Crippen molar-refractivity contribution in [3.63, 3.8) is 0 Å². The van der Waals surface area contributed by atoms with Crippen LogP contribution in [0.15, 0.2) is 0 Å². The molecular weight excluding hydrogens is 253 g/mol. The van der Waals surface area contributed by atoms with E-state index in [1.165, 1.54) is 0 Å². The van der Waals surface area contributed by atoms with Crippen molar-refractivity contribution < 1.29 is 4.74 Å². The minimum absolute atomic E-state index is 0.0418. The van der Waals surface area contributed by atoms with Crippen LogP contribution in [-0.2, 0) is 4.74 Å². The quantitative estimate of drug-likeness (QED) is 0.534. The summed E-state index contributed by atoms with van der Waals surface area (Å²) in [6.07, 6.45) is 1.54. The van der Waals surface area contributed by atoms with Gasteiger partial charge in [-0.05, 0) is 20.3 Å². The molecule has 0 aromatic rings. The SMILES string of the molecule is CC[C@H]1CN(I)CC(C)(C)O1. The van der Waals surface area contributed by atoms with E-state index in [2.05, 4.69) is 46.7 Å². The Labute approximate surface area is 82.8 Å². The van der Waals surface area contributed by atoms with Gasteiger partial charge in [-0.25, -0.2) is 3.11 Å². The van der Waals surface area contributed by atoms with Gasteiger partial charge in [0.2, 0.25) is 0 Å². The van der Waals surface area contributed by atoms with E-state index in [4.69, 9.17) is 4.74 Å². The molecule has 0 amide bonds. The fourth-order valence-electron chi connectivity index (χ4n) is 1.44. The van der Waals surface area contributed by atoms with Crippen LogP contribution in [0.5, 0.6) is 0 Å². The standard InChI is InChI=1S/C8H16INO/c1-4-7-5-10(9)6-8(2,3)11-7/h7H,4-6H2,1-3H3/t7-/m0/s1. The van der Waals surface area contributed by atoms with Crippen LogP contribution in [0.4, 0.5) is 0 Å². The minimum atomic E-state index is 0.0418. The van der Waals surface area contributed by atoms with Crippen LogP contribution in [0.1, 0.15) is 27.2 Å². The Kier molecular flexibility index (Phi) is 3.17. The summed E-state index contributed by atoms with van der Waals surface area (Å²) >= 11 is 2.37. The van der Waals surface area contributed by atoms with Crippen molar-refractivity contribution in [3.8, 4) is 0 Å². The molecular formula is C8H16INO. The number of halogens is 1. The van der Waals surface area contributed by atoms with Gasteiger partial charge in [-0.2, -0.15) is 0 Å². The van der Waals surface area contributed by atoms with Gasteiger partial charge in [-0.3, -0.25) is 0 Å². The zero-order valence-corrected chi connectivity index (χ0v) is 9.59. The van der Waals surface area contributed by atoms with Crippen molar-refractivity contribution in [2.24, 2.45) is 0 Å². The molecule has 0 aromatic heterocycles. The Morgan fingerprint density at radius 2 is 2.27 bits per heavy atom. The van der Waals surface area contributed by atoms with Crippen LogP contribution in [0, 0.1) is 0 Å². The summed E-state index contributed by atoms with van der Waals surface area (Å²) in [5.41, 5.74) is 0.0418. The van der Waals surface area contributed by atoms with Crippen molar-refractivity contribution in [2.75, 3.05) is 13.1 Å². The maximum absolute atomic E-state index is 5.85. The molecule has 0 aromatic carbocycles. The lowest BCUT2D eigenvalue weighted by Gasteiger charge is -2.39. The zero-order chi connectivity index (χ0) is 8.48. The Balaban J connectivity index is 2.51. The molecule has 0 radical (unpaired) electrons. The molecule has 2 nitrogen and oxygen atoms in total. The third-order valence-electron chi connectivity index (χ3n) is 1.90. The summed E-state index contributed by atoms with van der Waals surface area (Å²) in [5.74, 6) is 0. The van der Waals surface area contributed by atoms with E-state index in [1.807, 2.05) is 0 Å². The minimum Gasteiger partial charge on any atom is -0.370 e. The Bertz CT molecular complexity index is 138.